The molecule has 1 aliphatic carbocycles. The number of anilines is 2. The van der Waals surface area contributed by atoms with Gasteiger partial charge in [0.1, 0.15) is 11.6 Å². The molecule has 4 heterocycles. The van der Waals surface area contributed by atoms with E-state index in [4.69, 9.17) is 17.0 Å². The van der Waals surface area contributed by atoms with Crippen LogP contribution in [0.1, 0.15) is 43.4 Å². The van der Waals surface area contributed by atoms with Crippen molar-refractivity contribution < 1.29 is 22.7 Å². The van der Waals surface area contributed by atoms with E-state index in [-0.39, 0.29) is 34.5 Å². The smallest absolute Gasteiger partial charge is 0.418 e. The lowest BCUT2D eigenvalue weighted by Gasteiger charge is -2.42. The lowest BCUT2D eigenvalue weighted by Crippen LogP contribution is -2.55. The molecule has 3 fully saturated rings. The molecule has 3 aliphatic rings. The maximum absolute atomic E-state index is 13.5. The molecule has 0 aromatic carbocycles. The first kappa shape index (κ1) is 22.9. The van der Waals surface area contributed by atoms with Crippen molar-refractivity contribution in [3.05, 3.63) is 35.9 Å². The maximum atomic E-state index is 13.5. The van der Waals surface area contributed by atoms with E-state index >= 15 is 0 Å². The number of rotatable bonds is 4. The third kappa shape index (κ3) is 3.78. The molecule has 180 valence electrons. The number of hydrogen-bond donors (Lipinski definition) is 1. The van der Waals surface area contributed by atoms with Gasteiger partial charge in [-0.05, 0) is 70.4 Å². The topological polar surface area (TPSA) is 83.5 Å². The zero-order chi connectivity index (χ0) is 24.1. The Labute approximate surface area is 199 Å². The Bertz CT molecular complexity index is 1120. The zero-order valence-electron chi connectivity index (χ0n) is 18.4. The number of halogens is 3. The predicted octanol–water partition coefficient (Wildman–Crippen LogP) is 3.39. The molecule has 1 saturated carbocycles. The van der Waals surface area contributed by atoms with Gasteiger partial charge in [-0.25, -0.2) is 9.97 Å². The van der Waals surface area contributed by atoms with Crippen LogP contribution in [0.2, 0.25) is 0 Å². The van der Waals surface area contributed by atoms with Crippen LogP contribution in [0.4, 0.5) is 24.5 Å². The molecule has 2 aromatic heterocycles. The molecule has 0 atom stereocenters. The minimum absolute atomic E-state index is 0.00604. The average Bonchev–Trinajstić information content (AvgIpc) is 3.02. The molecule has 0 radical (unpaired) electrons. The Morgan fingerprint density at radius 3 is 2.35 bits per heavy atom. The molecule has 34 heavy (non-hydrogen) atoms. The first-order valence-electron chi connectivity index (χ1n) is 11.1. The van der Waals surface area contributed by atoms with E-state index in [1.807, 2.05) is 0 Å². The Morgan fingerprint density at radius 1 is 1.12 bits per heavy atom. The van der Waals surface area contributed by atoms with Gasteiger partial charge in [0.05, 0.1) is 35.5 Å². The monoisotopic (exact) mass is 492 g/mol. The van der Waals surface area contributed by atoms with Crippen LogP contribution in [0.5, 0.6) is 6.01 Å². The number of piperidine rings is 1. The molecule has 2 aromatic rings. The van der Waals surface area contributed by atoms with Gasteiger partial charge in [-0.2, -0.15) is 13.2 Å². The summed E-state index contributed by atoms with van der Waals surface area (Å²) >= 11 is 5.61. The summed E-state index contributed by atoms with van der Waals surface area (Å²) in [6.45, 7) is 3.02. The number of alkyl halides is 3. The summed E-state index contributed by atoms with van der Waals surface area (Å²) in [6, 6.07) is 1.17. The second-order valence-electron chi connectivity index (χ2n) is 8.76. The van der Waals surface area contributed by atoms with E-state index in [0.29, 0.717) is 18.5 Å². The molecule has 5 rings (SSSR count). The number of nitrogens with one attached hydrogen (secondary N) is 1. The average molecular weight is 493 g/mol. The van der Waals surface area contributed by atoms with Crippen molar-refractivity contribution in [2.75, 3.05) is 22.9 Å². The van der Waals surface area contributed by atoms with E-state index in [2.05, 4.69) is 20.3 Å². The molecule has 1 amide bonds. The molecule has 0 bridgehead atoms. The second-order valence-corrected chi connectivity index (χ2v) is 9.12. The highest BCUT2D eigenvalue weighted by atomic mass is 32.1. The minimum Gasteiger partial charge on any atom is -0.460 e. The highest BCUT2D eigenvalue weighted by Gasteiger charge is 2.60. The number of nitrogens with zero attached hydrogens (tertiary/aromatic N) is 5. The maximum Gasteiger partial charge on any atom is 0.418 e. The van der Waals surface area contributed by atoms with Crippen LogP contribution in [-0.4, -0.2) is 50.7 Å². The normalized spacial score (nSPS) is 20.7. The number of aryl methyl sites for hydroxylation is 1. The third-order valence-electron chi connectivity index (χ3n) is 6.66. The van der Waals surface area contributed by atoms with Gasteiger partial charge in [0.15, 0.2) is 5.11 Å². The summed E-state index contributed by atoms with van der Waals surface area (Å²) in [7, 11) is 0. The van der Waals surface area contributed by atoms with Crippen LogP contribution in [0.25, 0.3) is 0 Å². The first-order chi connectivity index (χ1) is 16.2. The first-order valence-corrected chi connectivity index (χ1v) is 11.5. The number of aromatic nitrogens is 3. The van der Waals surface area contributed by atoms with Crippen LogP contribution < -0.4 is 19.9 Å². The lowest BCUT2D eigenvalue weighted by molar-refractivity contribution is -0.138. The van der Waals surface area contributed by atoms with Crippen LogP contribution in [0, 0.1) is 6.92 Å². The lowest BCUT2D eigenvalue weighted by atomic mass is 9.75. The number of hydrogen-bond acceptors (Lipinski definition) is 7. The molecular weight excluding hydrogens is 469 g/mol. The highest BCUT2D eigenvalue weighted by Crippen LogP contribution is 2.48. The van der Waals surface area contributed by atoms with Gasteiger partial charge in [0.2, 0.25) is 0 Å². The summed E-state index contributed by atoms with van der Waals surface area (Å²) in [5.41, 5.74) is -1.53. The number of pyridine rings is 1. The third-order valence-corrected chi connectivity index (χ3v) is 7.02. The summed E-state index contributed by atoms with van der Waals surface area (Å²) in [5.74, 6) is -0.363. The van der Waals surface area contributed by atoms with Crippen molar-refractivity contribution in [3.63, 3.8) is 0 Å². The van der Waals surface area contributed by atoms with Crippen LogP contribution in [-0.2, 0) is 11.0 Å². The molecule has 12 heteroatoms. The van der Waals surface area contributed by atoms with Crippen molar-refractivity contribution in [3.8, 4) is 6.01 Å². The van der Waals surface area contributed by atoms with E-state index < -0.39 is 17.3 Å². The van der Waals surface area contributed by atoms with Gasteiger partial charge < -0.3 is 10.1 Å². The Hall–Kier alpha value is -2.86. The van der Waals surface area contributed by atoms with Crippen LogP contribution in [0.15, 0.2) is 24.7 Å². The highest BCUT2D eigenvalue weighted by molar-refractivity contribution is 7.81. The Morgan fingerprint density at radius 2 is 1.76 bits per heavy atom. The van der Waals surface area contributed by atoms with Gasteiger partial charge in [-0.15, -0.1) is 0 Å². The molecule has 0 unspecified atom stereocenters. The number of carbonyl (C=O) groups is 1. The number of carbonyl (C=O) groups excluding carboxylic acids is 1. The summed E-state index contributed by atoms with van der Waals surface area (Å²) in [5, 5.41) is 3.35. The molecule has 1 spiro atoms. The van der Waals surface area contributed by atoms with Gasteiger partial charge in [0.25, 0.3) is 5.91 Å². The summed E-state index contributed by atoms with van der Waals surface area (Å²) in [6.07, 6.45) is 3.35. The van der Waals surface area contributed by atoms with E-state index in [1.54, 1.807) is 17.3 Å². The number of amides is 1. The molecule has 1 N–H and O–H groups in total. The minimum atomic E-state index is -4.59. The zero-order valence-corrected chi connectivity index (χ0v) is 19.2. The van der Waals surface area contributed by atoms with E-state index in [9.17, 15) is 18.0 Å². The fourth-order valence-electron chi connectivity index (χ4n) is 4.69. The van der Waals surface area contributed by atoms with Crippen molar-refractivity contribution >= 4 is 34.6 Å². The van der Waals surface area contributed by atoms with Crippen molar-refractivity contribution in [2.45, 2.75) is 56.8 Å². The van der Waals surface area contributed by atoms with E-state index in [1.165, 1.54) is 13.1 Å². The summed E-state index contributed by atoms with van der Waals surface area (Å²) in [4.78, 5) is 28.8. The number of thiocarbonyl (C=S) groups is 1. The predicted molar refractivity (Wildman–Crippen MR) is 122 cm³/mol. The largest absolute Gasteiger partial charge is 0.460 e. The molecule has 2 saturated heterocycles. The molecular formula is C22H23F3N6O2S. The van der Waals surface area contributed by atoms with Crippen molar-refractivity contribution in [1.29, 1.82) is 0 Å². The fourth-order valence-corrected chi connectivity index (χ4v) is 5.16. The number of ether oxygens (including phenoxy) is 1. The molecule has 8 nitrogen and oxygen atoms in total. The standard InChI is InChI=1S/C22H23F3N6O2S/c1-13-17(22(23,24)25)9-14(10-27-13)30-18(32)21(5-2-6-21)31(20(30)34)15-11-28-19(29-12-15)33-16-3-7-26-8-4-16/h9-12,16,26H,2-8H2,1H3. The van der Waals surface area contributed by atoms with Crippen molar-refractivity contribution in [1.82, 2.24) is 20.3 Å². The quantitative estimate of drug-likeness (QED) is 0.651. The Balaban J connectivity index is 1.45. The fraction of sp³-hybridized carbons (Fsp3) is 0.500. The molecule has 2 aliphatic heterocycles. The second kappa shape index (κ2) is 8.42. The van der Waals surface area contributed by atoms with Crippen LogP contribution in [0.3, 0.4) is 0 Å². The van der Waals surface area contributed by atoms with E-state index in [0.717, 1.165) is 43.3 Å². The summed E-state index contributed by atoms with van der Waals surface area (Å²) < 4.78 is 46.3. The SMILES string of the molecule is Cc1ncc(N2C(=O)C3(CCC3)N(c3cnc(OC4CCNCC4)nc3)C2=S)cc1C(F)(F)F. The van der Waals surface area contributed by atoms with Crippen LogP contribution >= 0.6 is 12.2 Å². The van der Waals surface area contributed by atoms with Gasteiger partial charge >= 0.3 is 12.2 Å². The van der Waals surface area contributed by atoms with Gasteiger partial charge in [-0.3, -0.25) is 19.6 Å². The van der Waals surface area contributed by atoms with Gasteiger partial charge in [-0.1, -0.05) is 0 Å². The van der Waals surface area contributed by atoms with Gasteiger partial charge in [0, 0.05) is 5.69 Å². The van der Waals surface area contributed by atoms with Crippen molar-refractivity contribution in [2.24, 2.45) is 0 Å². The Kier molecular flexibility index (Phi) is 5.67.